The monoisotopic (exact) mass is 487 g/mol. The Balaban J connectivity index is 2.27. The van der Waals surface area contributed by atoms with Crippen molar-refractivity contribution in [2.75, 3.05) is 0 Å². The highest BCUT2D eigenvalue weighted by Gasteiger charge is 2.42. The molecule has 3 aromatic rings. The molecule has 0 spiro atoms. The van der Waals surface area contributed by atoms with Crippen molar-refractivity contribution in [1.82, 2.24) is 5.16 Å². The first-order valence-electron chi connectivity index (χ1n) is 8.56. The maximum atomic E-state index is 14.3. The molecule has 0 saturated heterocycles. The van der Waals surface area contributed by atoms with Crippen LogP contribution in [0.3, 0.4) is 0 Å². The van der Waals surface area contributed by atoms with Gasteiger partial charge in [-0.2, -0.15) is 13.2 Å². The summed E-state index contributed by atoms with van der Waals surface area (Å²) in [6.45, 7) is 0. The Labute approximate surface area is 187 Å². The van der Waals surface area contributed by atoms with E-state index in [2.05, 4.69) is 10.1 Å². The molecule has 6 nitrogen and oxygen atoms in total. The molecule has 0 aliphatic rings. The predicted molar refractivity (Wildman–Crippen MR) is 111 cm³/mol. The van der Waals surface area contributed by atoms with Gasteiger partial charge in [-0.15, -0.1) is 0 Å². The minimum Gasteiger partial charge on any atom is -0.477 e. The molecule has 0 aliphatic heterocycles. The number of carboxylic acid groups (broad SMARTS) is 1. The third kappa shape index (κ3) is 4.61. The second-order valence-electron chi connectivity index (χ2n) is 6.16. The highest BCUT2D eigenvalue weighted by atomic mass is 35.5. The first-order chi connectivity index (χ1) is 15.0. The number of alkyl halides is 3. The average molecular weight is 488 g/mol. The number of allylic oxidation sites excluding steroid dienone is 1. The fourth-order valence-corrected chi connectivity index (χ4v) is 3.22. The highest BCUT2D eigenvalue weighted by Crippen LogP contribution is 2.38. The molecule has 0 radical (unpaired) electrons. The van der Waals surface area contributed by atoms with Crippen LogP contribution in [0.2, 0.25) is 10.0 Å². The van der Waals surface area contributed by atoms with E-state index in [1.165, 1.54) is 30.3 Å². The summed E-state index contributed by atoms with van der Waals surface area (Å²) >= 11 is 11.7. The third-order valence-corrected chi connectivity index (χ3v) is 4.64. The fourth-order valence-electron chi connectivity index (χ4n) is 2.78. The molecule has 32 heavy (non-hydrogen) atoms. The number of aliphatic imine (C=N–C) groups is 1. The van der Waals surface area contributed by atoms with Gasteiger partial charge in [0.25, 0.3) is 0 Å². The molecule has 1 heterocycles. The number of aromatic nitrogens is 1. The molecule has 0 amide bonds. The predicted octanol–water partition coefficient (Wildman–Crippen LogP) is 6.12. The Morgan fingerprint density at radius 1 is 1.19 bits per heavy atom. The van der Waals surface area contributed by atoms with Crippen molar-refractivity contribution in [3.8, 4) is 11.3 Å². The molecule has 3 rings (SSSR count). The number of halogens is 6. The Morgan fingerprint density at radius 2 is 1.88 bits per heavy atom. The van der Waals surface area contributed by atoms with Crippen LogP contribution in [0.1, 0.15) is 16.1 Å². The topological polar surface area (TPSA) is 102 Å². The SMILES string of the molecule is N/C=C(\C(=Nc1cccc(Cl)c1)C(F)(F)F)c1onc(-c2c(F)cccc2Cl)c1C(=O)O. The lowest BCUT2D eigenvalue weighted by molar-refractivity contribution is -0.0571. The van der Waals surface area contributed by atoms with Crippen LogP contribution in [0, 0.1) is 5.82 Å². The van der Waals surface area contributed by atoms with Crippen LogP contribution < -0.4 is 5.73 Å². The van der Waals surface area contributed by atoms with Gasteiger partial charge in [-0.05, 0) is 30.3 Å². The summed E-state index contributed by atoms with van der Waals surface area (Å²) in [7, 11) is 0. The van der Waals surface area contributed by atoms with Crippen LogP contribution >= 0.6 is 23.2 Å². The van der Waals surface area contributed by atoms with E-state index in [9.17, 15) is 27.5 Å². The molecule has 0 bridgehead atoms. The number of carboxylic acids is 1. The average Bonchev–Trinajstić information content (AvgIpc) is 3.12. The number of hydrogen-bond donors (Lipinski definition) is 2. The van der Waals surface area contributed by atoms with Gasteiger partial charge in [0.05, 0.1) is 21.8 Å². The summed E-state index contributed by atoms with van der Waals surface area (Å²) in [6.07, 6.45) is -4.62. The molecule has 0 fully saturated rings. The number of hydrogen-bond acceptors (Lipinski definition) is 5. The molecule has 0 unspecified atom stereocenters. The van der Waals surface area contributed by atoms with Crippen LogP contribution in [0.5, 0.6) is 0 Å². The number of aromatic carboxylic acids is 1. The van der Waals surface area contributed by atoms with Crippen LogP contribution in [-0.2, 0) is 0 Å². The standard InChI is InChI=1S/C20H11Cl2F4N3O3/c21-9-3-1-4-10(7-9)28-18(20(24,25)26)11(8-27)17-15(19(30)31)16(29-32-17)14-12(22)5-2-6-13(14)23/h1-8H,27H2,(H,30,31)/b11-8-,28-18?. The molecule has 0 saturated carbocycles. The Bertz CT molecular complexity index is 1230. The summed E-state index contributed by atoms with van der Waals surface area (Å²) in [4.78, 5) is 15.5. The van der Waals surface area contributed by atoms with Crippen LogP contribution in [0.15, 0.2) is 58.2 Å². The number of nitrogens with zero attached hydrogens (tertiary/aromatic N) is 2. The first kappa shape index (κ1) is 23.3. The zero-order valence-corrected chi connectivity index (χ0v) is 17.1. The van der Waals surface area contributed by atoms with Gasteiger partial charge >= 0.3 is 12.1 Å². The lowest BCUT2D eigenvalue weighted by atomic mass is 9.99. The van der Waals surface area contributed by atoms with E-state index in [-0.39, 0.29) is 15.7 Å². The van der Waals surface area contributed by atoms with Gasteiger partial charge in [-0.1, -0.05) is 40.5 Å². The highest BCUT2D eigenvalue weighted by molar-refractivity contribution is 6.34. The normalized spacial score (nSPS) is 12.8. The number of carbonyl (C=O) groups is 1. The number of rotatable bonds is 5. The first-order valence-corrected chi connectivity index (χ1v) is 9.31. The van der Waals surface area contributed by atoms with Crippen molar-refractivity contribution < 1.29 is 32.0 Å². The lowest BCUT2D eigenvalue weighted by Crippen LogP contribution is -2.25. The van der Waals surface area contributed by atoms with E-state index in [0.717, 1.165) is 12.1 Å². The molecule has 0 aliphatic carbocycles. The maximum Gasteiger partial charge on any atom is 0.434 e. The van der Waals surface area contributed by atoms with E-state index in [0.29, 0.717) is 6.20 Å². The fraction of sp³-hybridized carbons (Fsp3) is 0.0500. The summed E-state index contributed by atoms with van der Waals surface area (Å²) in [5.41, 5.74) is 0.774. The smallest absolute Gasteiger partial charge is 0.434 e. The van der Waals surface area contributed by atoms with Gasteiger partial charge in [0.1, 0.15) is 17.1 Å². The molecule has 3 N–H and O–H groups in total. The summed E-state index contributed by atoms with van der Waals surface area (Å²) < 4.78 is 60.8. The quantitative estimate of drug-likeness (QED) is 0.333. The van der Waals surface area contributed by atoms with Crippen LogP contribution in [-0.4, -0.2) is 28.1 Å². The van der Waals surface area contributed by atoms with Gasteiger partial charge < -0.3 is 15.4 Å². The summed E-state index contributed by atoms with van der Waals surface area (Å²) in [5.74, 6) is -3.59. The van der Waals surface area contributed by atoms with Gasteiger partial charge in [0.2, 0.25) is 0 Å². The minimum atomic E-state index is -5.09. The molecule has 12 heteroatoms. The molecule has 0 atom stereocenters. The minimum absolute atomic E-state index is 0.119. The van der Waals surface area contributed by atoms with Gasteiger partial charge in [-0.25, -0.2) is 14.2 Å². The van der Waals surface area contributed by atoms with Crippen molar-refractivity contribution >= 4 is 46.1 Å². The van der Waals surface area contributed by atoms with E-state index >= 15 is 0 Å². The van der Waals surface area contributed by atoms with Crippen molar-refractivity contribution in [3.63, 3.8) is 0 Å². The molecular weight excluding hydrogens is 477 g/mol. The lowest BCUT2D eigenvalue weighted by Gasteiger charge is -2.13. The second kappa shape index (κ2) is 9.01. The zero-order valence-electron chi connectivity index (χ0n) is 15.6. The van der Waals surface area contributed by atoms with Crippen molar-refractivity contribution in [2.45, 2.75) is 6.18 Å². The Morgan fingerprint density at radius 3 is 2.44 bits per heavy atom. The van der Waals surface area contributed by atoms with Gasteiger partial charge in [0.15, 0.2) is 11.5 Å². The maximum absolute atomic E-state index is 14.3. The third-order valence-electron chi connectivity index (χ3n) is 4.09. The van der Waals surface area contributed by atoms with Crippen molar-refractivity contribution in [1.29, 1.82) is 0 Å². The second-order valence-corrected chi connectivity index (χ2v) is 7.00. The largest absolute Gasteiger partial charge is 0.477 e. The van der Waals surface area contributed by atoms with E-state index in [1.807, 2.05) is 0 Å². The Kier molecular flexibility index (Phi) is 6.56. The van der Waals surface area contributed by atoms with Crippen molar-refractivity contribution in [2.24, 2.45) is 10.7 Å². The van der Waals surface area contributed by atoms with Crippen LogP contribution in [0.4, 0.5) is 23.2 Å². The number of nitrogens with two attached hydrogens (primary N) is 1. The van der Waals surface area contributed by atoms with Crippen molar-refractivity contribution in [3.05, 3.63) is 75.9 Å². The Hall–Kier alpha value is -3.37. The molecule has 166 valence electrons. The van der Waals surface area contributed by atoms with Gasteiger partial charge in [0, 0.05) is 11.2 Å². The molecule has 2 aromatic carbocycles. The summed E-state index contributed by atoms with van der Waals surface area (Å²) in [5, 5.41) is 13.0. The van der Waals surface area contributed by atoms with Gasteiger partial charge in [-0.3, -0.25) is 0 Å². The molecular formula is C20H11Cl2F4N3O3. The number of benzene rings is 2. The van der Waals surface area contributed by atoms with Crippen LogP contribution in [0.25, 0.3) is 16.8 Å². The molecule has 1 aromatic heterocycles. The zero-order chi connectivity index (χ0) is 23.6. The summed E-state index contributed by atoms with van der Waals surface area (Å²) in [6, 6.07) is 8.68. The van der Waals surface area contributed by atoms with E-state index in [4.69, 9.17) is 33.5 Å². The van der Waals surface area contributed by atoms with E-state index < -0.39 is 51.8 Å². The van der Waals surface area contributed by atoms with E-state index in [1.54, 1.807) is 0 Å².